The van der Waals surface area contributed by atoms with E-state index in [1.807, 2.05) is 0 Å². The van der Waals surface area contributed by atoms with Gasteiger partial charge in [-0.25, -0.2) is 20.2 Å². The van der Waals surface area contributed by atoms with Crippen LogP contribution in [-0.4, -0.2) is 51.8 Å². The third-order valence-corrected chi connectivity index (χ3v) is 5.43. The van der Waals surface area contributed by atoms with Gasteiger partial charge in [0.1, 0.15) is 29.4 Å². The molecular weight excluding hydrogens is 425 g/mol. The molecule has 5 N–H and O–H groups in total. The first kappa shape index (κ1) is 22.4. The molecule has 3 aromatic rings. The quantitative estimate of drug-likeness (QED) is 0.386. The Bertz CT molecular complexity index is 1150. The molecule has 0 atom stereocenters. The summed E-state index contributed by atoms with van der Waals surface area (Å²) in [6.07, 6.45) is 6.37. The first-order valence-corrected chi connectivity index (χ1v) is 10.6. The zero-order valence-electron chi connectivity index (χ0n) is 18.2. The molecular formula is C23H26FN7O2. The molecule has 1 aromatic carbocycles. The summed E-state index contributed by atoms with van der Waals surface area (Å²) >= 11 is 0. The third-order valence-electron chi connectivity index (χ3n) is 5.43. The highest BCUT2D eigenvalue weighted by molar-refractivity contribution is 5.94. The van der Waals surface area contributed by atoms with Gasteiger partial charge < -0.3 is 20.8 Å². The second kappa shape index (κ2) is 9.80. The number of imidazole rings is 1. The summed E-state index contributed by atoms with van der Waals surface area (Å²) < 4.78 is 21.2. The molecule has 1 fully saturated rings. The number of benzene rings is 1. The fourth-order valence-electron chi connectivity index (χ4n) is 3.67. The van der Waals surface area contributed by atoms with Crippen molar-refractivity contribution in [1.82, 2.24) is 24.9 Å². The van der Waals surface area contributed by atoms with Crippen molar-refractivity contribution in [2.75, 3.05) is 20.3 Å². The minimum absolute atomic E-state index is 0.112. The van der Waals surface area contributed by atoms with Crippen LogP contribution in [0.3, 0.4) is 0 Å². The number of nitrogens with zero attached hydrogens (tertiary/aromatic N) is 4. The van der Waals surface area contributed by atoms with Crippen LogP contribution in [0.1, 0.15) is 34.5 Å². The van der Waals surface area contributed by atoms with Gasteiger partial charge in [0.05, 0.1) is 11.3 Å². The van der Waals surface area contributed by atoms with Crippen molar-refractivity contribution in [3.63, 3.8) is 0 Å². The molecule has 0 saturated carbocycles. The zero-order chi connectivity index (χ0) is 23.4. The van der Waals surface area contributed by atoms with Gasteiger partial charge in [0, 0.05) is 44.3 Å². The number of carbonyl (C=O) groups excluding carboxylic acids is 1. The Morgan fingerprint density at radius 1 is 1.21 bits per heavy atom. The van der Waals surface area contributed by atoms with Crippen molar-refractivity contribution < 1.29 is 13.9 Å². The predicted molar refractivity (Wildman–Crippen MR) is 122 cm³/mol. The molecule has 33 heavy (non-hydrogen) atoms. The molecule has 172 valence electrons. The molecule has 0 bridgehead atoms. The highest BCUT2D eigenvalue weighted by atomic mass is 19.1. The summed E-state index contributed by atoms with van der Waals surface area (Å²) in [5, 5.41) is 4.31. The van der Waals surface area contributed by atoms with Crippen molar-refractivity contribution in [2.24, 2.45) is 11.6 Å². The van der Waals surface area contributed by atoms with E-state index < -0.39 is 5.82 Å². The van der Waals surface area contributed by atoms with E-state index in [9.17, 15) is 9.18 Å². The predicted octanol–water partition coefficient (Wildman–Crippen LogP) is 1.91. The van der Waals surface area contributed by atoms with Crippen LogP contribution in [0.5, 0.6) is 0 Å². The number of hydrogen-bond donors (Lipinski definition) is 3. The Morgan fingerprint density at radius 3 is 2.64 bits per heavy atom. The van der Waals surface area contributed by atoms with Crippen LogP contribution in [0.2, 0.25) is 0 Å². The number of hydrazine groups is 1. The van der Waals surface area contributed by atoms with Gasteiger partial charge in [-0.1, -0.05) is 12.1 Å². The standard InChI is InChI=1S/C23H26FN7O2/c1-30(26)22(21(25)17-4-2-3-5-18(17)24)19-13-31(14-28-19)20-7-6-15(12-27-20)23(32)29-16-8-10-33-11-9-16/h2-7,12-14,16H,8-11,25-26H2,1H3,(H,29,32)/b22-21-. The molecule has 1 aliphatic rings. The van der Waals surface area contributed by atoms with E-state index >= 15 is 0 Å². The van der Waals surface area contributed by atoms with E-state index in [0.717, 1.165) is 12.8 Å². The largest absolute Gasteiger partial charge is 0.396 e. The monoisotopic (exact) mass is 451 g/mol. The lowest BCUT2D eigenvalue weighted by Crippen LogP contribution is -2.38. The number of pyridine rings is 1. The molecule has 1 aliphatic heterocycles. The van der Waals surface area contributed by atoms with Crippen LogP contribution < -0.4 is 16.9 Å². The molecule has 0 radical (unpaired) electrons. The topological polar surface area (TPSA) is 124 Å². The number of nitrogens with one attached hydrogen (secondary N) is 1. The molecule has 1 amide bonds. The lowest BCUT2D eigenvalue weighted by atomic mass is 10.1. The highest BCUT2D eigenvalue weighted by Gasteiger charge is 2.19. The molecule has 2 aromatic heterocycles. The molecule has 0 unspecified atom stereocenters. The smallest absolute Gasteiger partial charge is 0.253 e. The van der Waals surface area contributed by atoms with E-state index in [0.29, 0.717) is 36.0 Å². The van der Waals surface area contributed by atoms with Crippen LogP contribution >= 0.6 is 0 Å². The fourth-order valence-corrected chi connectivity index (χ4v) is 3.67. The first-order chi connectivity index (χ1) is 15.9. The van der Waals surface area contributed by atoms with Gasteiger partial charge in [0.15, 0.2) is 0 Å². The number of ether oxygens (including phenoxy) is 1. The van der Waals surface area contributed by atoms with Crippen molar-refractivity contribution >= 4 is 17.3 Å². The SMILES string of the molecule is CN(N)/C(=C(\N)c1ccccc1F)c1cn(-c2ccc(C(=O)NC3CCOCC3)cn2)cn1. The van der Waals surface area contributed by atoms with E-state index in [1.165, 1.54) is 17.3 Å². The fraction of sp³-hybridized carbons (Fsp3) is 0.261. The van der Waals surface area contributed by atoms with E-state index in [-0.39, 0.29) is 23.2 Å². The van der Waals surface area contributed by atoms with Gasteiger partial charge in [-0.15, -0.1) is 0 Å². The van der Waals surface area contributed by atoms with Crippen LogP contribution in [0.4, 0.5) is 4.39 Å². The van der Waals surface area contributed by atoms with Gasteiger partial charge in [0.25, 0.3) is 5.91 Å². The van der Waals surface area contributed by atoms with E-state index in [4.69, 9.17) is 16.3 Å². The molecule has 0 spiro atoms. The summed E-state index contributed by atoms with van der Waals surface area (Å²) in [4.78, 5) is 21.2. The molecule has 0 aliphatic carbocycles. The van der Waals surface area contributed by atoms with Crippen molar-refractivity contribution in [2.45, 2.75) is 18.9 Å². The summed E-state index contributed by atoms with van der Waals surface area (Å²) in [5.41, 5.74) is 7.93. The summed E-state index contributed by atoms with van der Waals surface area (Å²) in [5.74, 6) is 5.93. The maximum absolute atomic E-state index is 14.3. The Morgan fingerprint density at radius 2 is 1.97 bits per heavy atom. The lowest BCUT2D eigenvalue weighted by Gasteiger charge is -2.23. The number of nitrogens with two attached hydrogens (primary N) is 2. The number of carbonyl (C=O) groups is 1. The average Bonchev–Trinajstić information content (AvgIpc) is 3.29. The number of rotatable bonds is 6. The first-order valence-electron chi connectivity index (χ1n) is 10.6. The number of aromatic nitrogens is 3. The summed E-state index contributed by atoms with van der Waals surface area (Å²) in [6, 6.07) is 9.74. The molecule has 3 heterocycles. The Labute approximate surface area is 190 Å². The second-order valence-electron chi connectivity index (χ2n) is 7.78. The van der Waals surface area contributed by atoms with Gasteiger partial charge >= 0.3 is 0 Å². The second-order valence-corrected chi connectivity index (χ2v) is 7.78. The van der Waals surface area contributed by atoms with Crippen LogP contribution in [0.15, 0.2) is 55.1 Å². The van der Waals surface area contributed by atoms with E-state index in [2.05, 4.69) is 15.3 Å². The number of hydrogen-bond acceptors (Lipinski definition) is 7. The minimum Gasteiger partial charge on any atom is -0.396 e. The van der Waals surface area contributed by atoms with Crippen LogP contribution in [-0.2, 0) is 4.74 Å². The van der Waals surface area contributed by atoms with Gasteiger partial charge in [-0.2, -0.15) is 0 Å². The van der Waals surface area contributed by atoms with Gasteiger partial charge in [-0.05, 0) is 37.1 Å². The Kier molecular flexibility index (Phi) is 6.66. The van der Waals surface area contributed by atoms with E-state index in [1.54, 1.807) is 54.5 Å². The molecule has 10 heteroatoms. The van der Waals surface area contributed by atoms with Crippen molar-refractivity contribution in [3.05, 3.63) is 77.8 Å². The normalized spacial score (nSPS) is 15.1. The zero-order valence-corrected chi connectivity index (χ0v) is 18.2. The number of amides is 1. The van der Waals surface area contributed by atoms with Crippen LogP contribution in [0, 0.1) is 5.82 Å². The maximum Gasteiger partial charge on any atom is 0.253 e. The van der Waals surface area contributed by atoms with Crippen molar-refractivity contribution in [1.29, 1.82) is 0 Å². The molecule has 1 saturated heterocycles. The molecule has 4 rings (SSSR count). The summed E-state index contributed by atoms with van der Waals surface area (Å²) in [6.45, 7) is 1.31. The van der Waals surface area contributed by atoms with Crippen molar-refractivity contribution in [3.8, 4) is 5.82 Å². The Hall–Kier alpha value is -3.76. The highest BCUT2D eigenvalue weighted by Crippen LogP contribution is 2.25. The van der Waals surface area contributed by atoms with Gasteiger partial charge in [-0.3, -0.25) is 9.36 Å². The maximum atomic E-state index is 14.3. The summed E-state index contributed by atoms with van der Waals surface area (Å²) in [7, 11) is 1.60. The average molecular weight is 452 g/mol. The van der Waals surface area contributed by atoms with Gasteiger partial charge in [0.2, 0.25) is 0 Å². The van der Waals surface area contributed by atoms with Crippen LogP contribution in [0.25, 0.3) is 17.2 Å². The minimum atomic E-state index is -0.454. The number of halogens is 1. The lowest BCUT2D eigenvalue weighted by molar-refractivity contribution is 0.0696. The Balaban J connectivity index is 1.55. The third kappa shape index (κ3) is 5.02. The molecule has 9 nitrogen and oxygen atoms in total.